The molecular formula is C20H31NOS. The summed E-state index contributed by atoms with van der Waals surface area (Å²) in [7, 11) is 0. The molecule has 0 radical (unpaired) electrons. The molecule has 1 N–H and O–H groups in total. The predicted octanol–water partition coefficient (Wildman–Crippen LogP) is 4.95. The van der Waals surface area contributed by atoms with Gasteiger partial charge in [0.15, 0.2) is 0 Å². The van der Waals surface area contributed by atoms with Gasteiger partial charge in [0, 0.05) is 10.9 Å². The maximum atomic E-state index is 12.4. The van der Waals surface area contributed by atoms with Crippen molar-refractivity contribution in [2.45, 2.75) is 71.7 Å². The Morgan fingerprint density at radius 2 is 1.74 bits per heavy atom. The Labute approximate surface area is 145 Å². The number of benzene rings is 1. The first-order valence-electron chi connectivity index (χ1n) is 8.80. The molecule has 0 spiro atoms. The highest BCUT2D eigenvalue weighted by Gasteiger charge is 2.28. The monoisotopic (exact) mass is 333 g/mol. The molecule has 128 valence electrons. The quantitative estimate of drug-likeness (QED) is 0.790. The van der Waals surface area contributed by atoms with E-state index in [1.54, 1.807) is 11.8 Å². The van der Waals surface area contributed by atoms with Crippen molar-refractivity contribution < 1.29 is 4.79 Å². The molecule has 1 aliphatic carbocycles. The maximum absolute atomic E-state index is 12.4. The number of nitrogens with one attached hydrogen (secondary N) is 1. The Kier molecular flexibility index (Phi) is 6.19. The van der Waals surface area contributed by atoms with Crippen LogP contribution in [0.2, 0.25) is 0 Å². The molecule has 0 bridgehead atoms. The van der Waals surface area contributed by atoms with Gasteiger partial charge in [-0.2, -0.15) is 0 Å². The van der Waals surface area contributed by atoms with E-state index >= 15 is 0 Å². The Bertz CT molecular complexity index is 555. The molecule has 2 nitrogen and oxygen atoms in total. The van der Waals surface area contributed by atoms with Crippen LogP contribution in [-0.4, -0.2) is 17.7 Å². The molecule has 1 aliphatic rings. The van der Waals surface area contributed by atoms with Gasteiger partial charge in [0.1, 0.15) is 0 Å². The number of rotatable bonds is 4. The zero-order chi connectivity index (χ0) is 17.1. The standard InChI is InChI=1S/C20H31NOS/c1-12-8-7-9-18(15(12)4)21-19(22)11-23-20-16(5)13(2)10-14(3)17(20)6/h10,12,15,18H,7-9,11H2,1-6H3,(H,21,22)/t12-,15-,18-/m0/s1. The minimum atomic E-state index is 0.180. The van der Waals surface area contributed by atoms with Gasteiger partial charge in [0.2, 0.25) is 5.91 Å². The van der Waals surface area contributed by atoms with E-state index < -0.39 is 0 Å². The maximum Gasteiger partial charge on any atom is 0.230 e. The Balaban J connectivity index is 1.97. The molecule has 0 aromatic heterocycles. The number of aryl methyl sites for hydroxylation is 2. The molecule has 1 aromatic carbocycles. The highest BCUT2D eigenvalue weighted by Crippen LogP contribution is 2.32. The van der Waals surface area contributed by atoms with Crippen molar-refractivity contribution in [3.8, 4) is 0 Å². The lowest BCUT2D eigenvalue weighted by Gasteiger charge is -2.34. The molecule has 1 saturated carbocycles. The van der Waals surface area contributed by atoms with Crippen LogP contribution in [0.3, 0.4) is 0 Å². The summed E-state index contributed by atoms with van der Waals surface area (Å²) in [6, 6.07) is 2.59. The fraction of sp³-hybridized carbons (Fsp3) is 0.650. The molecule has 1 aromatic rings. The number of thioether (sulfide) groups is 1. The molecule has 2 rings (SSSR count). The van der Waals surface area contributed by atoms with Crippen LogP contribution in [0.15, 0.2) is 11.0 Å². The van der Waals surface area contributed by atoms with Crippen molar-refractivity contribution >= 4 is 17.7 Å². The molecule has 1 fully saturated rings. The van der Waals surface area contributed by atoms with E-state index in [4.69, 9.17) is 0 Å². The summed E-state index contributed by atoms with van der Waals surface area (Å²) in [5, 5.41) is 3.28. The summed E-state index contributed by atoms with van der Waals surface area (Å²) in [5.74, 6) is 1.99. The van der Waals surface area contributed by atoms with E-state index in [1.807, 2.05) is 0 Å². The fourth-order valence-corrected chi connectivity index (χ4v) is 4.68. The number of amides is 1. The summed E-state index contributed by atoms with van der Waals surface area (Å²) in [4.78, 5) is 13.7. The molecule has 0 aliphatic heterocycles. The summed E-state index contributed by atoms with van der Waals surface area (Å²) in [5.41, 5.74) is 5.24. The van der Waals surface area contributed by atoms with Crippen LogP contribution < -0.4 is 5.32 Å². The third-order valence-corrected chi connectivity index (χ3v) is 7.01. The highest BCUT2D eigenvalue weighted by molar-refractivity contribution is 8.00. The smallest absolute Gasteiger partial charge is 0.230 e. The zero-order valence-corrected chi connectivity index (χ0v) is 16.3. The van der Waals surface area contributed by atoms with Crippen LogP contribution in [0.25, 0.3) is 0 Å². The van der Waals surface area contributed by atoms with Gasteiger partial charge in [-0.3, -0.25) is 4.79 Å². The lowest BCUT2D eigenvalue weighted by atomic mass is 9.78. The van der Waals surface area contributed by atoms with E-state index in [9.17, 15) is 4.79 Å². The van der Waals surface area contributed by atoms with Crippen LogP contribution in [0.1, 0.15) is 55.4 Å². The van der Waals surface area contributed by atoms with Gasteiger partial charge in [-0.05, 0) is 68.2 Å². The fourth-order valence-electron chi connectivity index (χ4n) is 3.57. The van der Waals surface area contributed by atoms with Gasteiger partial charge >= 0.3 is 0 Å². The van der Waals surface area contributed by atoms with Gasteiger partial charge in [-0.25, -0.2) is 0 Å². The number of carbonyl (C=O) groups excluding carboxylic acids is 1. The normalized spacial score (nSPS) is 24.5. The van der Waals surface area contributed by atoms with E-state index in [1.165, 1.54) is 40.0 Å². The highest BCUT2D eigenvalue weighted by atomic mass is 32.2. The third-order valence-electron chi connectivity index (χ3n) is 5.70. The zero-order valence-electron chi connectivity index (χ0n) is 15.5. The predicted molar refractivity (Wildman–Crippen MR) is 100 cm³/mol. The second kappa shape index (κ2) is 7.74. The topological polar surface area (TPSA) is 29.1 Å². The summed E-state index contributed by atoms with van der Waals surface area (Å²) >= 11 is 1.69. The van der Waals surface area contributed by atoms with Crippen molar-refractivity contribution in [3.63, 3.8) is 0 Å². The molecule has 3 heteroatoms. The van der Waals surface area contributed by atoms with Crippen LogP contribution >= 0.6 is 11.8 Å². The van der Waals surface area contributed by atoms with Crippen molar-refractivity contribution in [2.24, 2.45) is 11.8 Å². The average molecular weight is 334 g/mol. The van der Waals surface area contributed by atoms with Gasteiger partial charge in [0.25, 0.3) is 0 Å². The number of carbonyl (C=O) groups is 1. The van der Waals surface area contributed by atoms with Crippen molar-refractivity contribution in [1.29, 1.82) is 0 Å². The molecule has 23 heavy (non-hydrogen) atoms. The minimum Gasteiger partial charge on any atom is -0.352 e. The first kappa shape index (κ1) is 18.4. The van der Waals surface area contributed by atoms with Crippen LogP contribution in [0.4, 0.5) is 0 Å². The lowest BCUT2D eigenvalue weighted by Crippen LogP contribution is -2.44. The van der Waals surface area contributed by atoms with E-state index in [0.717, 1.165) is 6.42 Å². The lowest BCUT2D eigenvalue weighted by molar-refractivity contribution is -0.119. The summed E-state index contributed by atoms with van der Waals surface area (Å²) in [6.45, 7) is 13.2. The van der Waals surface area contributed by atoms with Gasteiger partial charge < -0.3 is 5.32 Å². The van der Waals surface area contributed by atoms with Crippen LogP contribution in [0.5, 0.6) is 0 Å². The molecule has 0 saturated heterocycles. The van der Waals surface area contributed by atoms with E-state index in [2.05, 4.69) is 52.9 Å². The van der Waals surface area contributed by atoms with Gasteiger partial charge in [-0.15, -0.1) is 11.8 Å². The largest absolute Gasteiger partial charge is 0.352 e. The van der Waals surface area contributed by atoms with Gasteiger partial charge in [0.05, 0.1) is 5.75 Å². The Morgan fingerprint density at radius 1 is 1.13 bits per heavy atom. The Hall–Kier alpha value is -0.960. The minimum absolute atomic E-state index is 0.180. The summed E-state index contributed by atoms with van der Waals surface area (Å²) in [6.07, 6.45) is 3.66. The first-order chi connectivity index (χ1) is 10.8. The number of hydrogen-bond acceptors (Lipinski definition) is 2. The SMILES string of the molecule is Cc1cc(C)c(C)c(SCC(=O)N[C@H]2CCC[C@H](C)[C@@H]2C)c1C. The summed E-state index contributed by atoms with van der Waals surface area (Å²) < 4.78 is 0. The van der Waals surface area contributed by atoms with Crippen molar-refractivity contribution in [2.75, 3.05) is 5.75 Å². The molecule has 0 heterocycles. The van der Waals surface area contributed by atoms with Crippen LogP contribution in [0, 0.1) is 39.5 Å². The van der Waals surface area contributed by atoms with E-state index in [0.29, 0.717) is 23.6 Å². The average Bonchev–Trinajstić information content (AvgIpc) is 2.50. The first-order valence-corrected chi connectivity index (χ1v) is 9.79. The number of hydrogen-bond donors (Lipinski definition) is 1. The molecule has 1 amide bonds. The molecule has 0 unspecified atom stereocenters. The van der Waals surface area contributed by atoms with E-state index in [-0.39, 0.29) is 5.91 Å². The molecule has 3 atom stereocenters. The molecular weight excluding hydrogens is 302 g/mol. The second-order valence-electron chi connectivity index (χ2n) is 7.32. The Morgan fingerprint density at radius 3 is 2.35 bits per heavy atom. The van der Waals surface area contributed by atoms with Gasteiger partial charge in [-0.1, -0.05) is 32.8 Å². The third kappa shape index (κ3) is 4.32. The van der Waals surface area contributed by atoms with Crippen molar-refractivity contribution in [3.05, 3.63) is 28.3 Å². The second-order valence-corrected chi connectivity index (χ2v) is 8.31. The van der Waals surface area contributed by atoms with Crippen molar-refractivity contribution in [1.82, 2.24) is 5.32 Å². The van der Waals surface area contributed by atoms with Crippen LogP contribution in [-0.2, 0) is 4.79 Å².